The minimum absolute atomic E-state index is 0.0141. The standard InChI is InChI=1S/C22H29N3O2/c1-14-23-19(26)17-18(22(7,8)27-21(17,5)6)25(14)13-12-15-10-9-11-16(24-15)20(2,3)4/h9-13H,1-8H3/b13-12-. The van der Waals surface area contributed by atoms with Crippen molar-refractivity contribution in [3.05, 3.63) is 57.0 Å². The van der Waals surface area contributed by atoms with Crippen molar-refractivity contribution in [2.24, 2.45) is 0 Å². The zero-order valence-electron chi connectivity index (χ0n) is 17.5. The van der Waals surface area contributed by atoms with Crippen molar-refractivity contribution in [1.29, 1.82) is 0 Å². The number of hydrogen-bond acceptors (Lipinski definition) is 4. The van der Waals surface area contributed by atoms with Crippen molar-refractivity contribution in [3.8, 4) is 0 Å². The van der Waals surface area contributed by atoms with E-state index in [1.165, 1.54) is 0 Å². The summed E-state index contributed by atoms with van der Waals surface area (Å²) < 4.78 is 8.14. The van der Waals surface area contributed by atoms with Gasteiger partial charge in [-0.25, -0.2) is 0 Å². The summed E-state index contributed by atoms with van der Waals surface area (Å²) in [7, 11) is 0. The van der Waals surface area contributed by atoms with Crippen LogP contribution in [-0.2, 0) is 21.4 Å². The normalized spacial score (nSPS) is 18.1. The molecule has 144 valence electrons. The lowest BCUT2D eigenvalue weighted by Gasteiger charge is -2.25. The number of ether oxygens (including phenoxy) is 1. The Balaban J connectivity index is 2.14. The second-order valence-corrected chi connectivity index (χ2v) is 9.19. The van der Waals surface area contributed by atoms with Gasteiger partial charge in [-0.1, -0.05) is 26.8 Å². The predicted molar refractivity (Wildman–Crippen MR) is 109 cm³/mol. The topological polar surface area (TPSA) is 57.0 Å². The SMILES string of the molecule is Cc1nc(=O)c2c(n1/C=C\c1cccc(C(C)(C)C)n1)C(C)(C)OC2(C)C. The average Bonchev–Trinajstić information content (AvgIpc) is 2.71. The molecule has 1 aliphatic heterocycles. The first-order valence-corrected chi connectivity index (χ1v) is 9.33. The van der Waals surface area contributed by atoms with E-state index in [-0.39, 0.29) is 11.0 Å². The monoisotopic (exact) mass is 367 g/mol. The van der Waals surface area contributed by atoms with E-state index in [1.807, 2.05) is 69.7 Å². The molecule has 0 saturated carbocycles. The molecular formula is C22H29N3O2. The third-order valence-electron chi connectivity index (χ3n) is 4.92. The van der Waals surface area contributed by atoms with Crippen molar-refractivity contribution >= 4 is 12.3 Å². The van der Waals surface area contributed by atoms with Gasteiger partial charge in [0, 0.05) is 17.3 Å². The van der Waals surface area contributed by atoms with Crippen LogP contribution in [0.15, 0.2) is 23.0 Å². The lowest BCUT2D eigenvalue weighted by molar-refractivity contribution is -0.107. The summed E-state index contributed by atoms with van der Waals surface area (Å²) in [4.78, 5) is 21.6. The van der Waals surface area contributed by atoms with Gasteiger partial charge < -0.3 is 9.30 Å². The van der Waals surface area contributed by atoms with Crippen LogP contribution in [0.25, 0.3) is 12.3 Å². The van der Waals surface area contributed by atoms with Crippen molar-refractivity contribution in [1.82, 2.24) is 14.5 Å². The highest BCUT2D eigenvalue weighted by Gasteiger charge is 2.47. The highest BCUT2D eigenvalue weighted by molar-refractivity contribution is 5.59. The van der Waals surface area contributed by atoms with Gasteiger partial charge in [0.1, 0.15) is 11.4 Å². The fraction of sp³-hybridized carbons (Fsp3) is 0.500. The van der Waals surface area contributed by atoms with Crippen LogP contribution in [0, 0.1) is 6.92 Å². The van der Waals surface area contributed by atoms with Crippen LogP contribution in [0.4, 0.5) is 0 Å². The molecule has 5 heteroatoms. The third kappa shape index (κ3) is 3.48. The summed E-state index contributed by atoms with van der Waals surface area (Å²) in [6, 6.07) is 6.04. The molecule has 0 aromatic carbocycles. The average molecular weight is 367 g/mol. The largest absolute Gasteiger partial charge is 0.358 e. The van der Waals surface area contributed by atoms with E-state index in [0.29, 0.717) is 11.4 Å². The first-order chi connectivity index (χ1) is 12.3. The fourth-order valence-electron chi connectivity index (χ4n) is 3.81. The van der Waals surface area contributed by atoms with Crippen LogP contribution in [0.1, 0.15) is 76.9 Å². The Morgan fingerprint density at radius 3 is 2.37 bits per heavy atom. The van der Waals surface area contributed by atoms with Crippen molar-refractivity contribution in [3.63, 3.8) is 0 Å². The second kappa shape index (κ2) is 6.13. The molecule has 0 unspecified atom stereocenters. The molecule has 0 radical (unpaired) electrons. The minimum atomic E-state index is -0.670. The summed E-state index contributed by atoms with van der Waals surface area (Å²) in [5.74, 6) is 0.636. The molecule has 0 saturated heterocycles. The number of nitrogens with zero attached hydrogens (tertiary/aromatic N) is 3. The highest BCUT2D eigenvalue weighted by Crippen LogP contribution is 2.45. The second-order valence-electron chi connectivity index (χ2n) is 9.19. The molecule has 0 fully saturated rings. The van der Waals surface area contributed by atoms with Crippen LogP contribution < -0.4 is 5.56 Å². The highest BCUT2D eigenvalue weighted by atomic mass is 16.5. The molecule has 27 heavy (non-hydrogen) atoms. The lowest BCUT2D eigenvalue weighted by Crippen LogP contribution is -2.28. The van der Waals surface area contributed by atoms with Gasteiger partial charge >= 0.3 is 0 Å². The molecule has 2 aromatic rings. The van der Waals surface area contributed by atoms with E-state index in [9.17, 15) is 4.79 Å². The Kier molecular flexibility index (Phi) is 4.42. The van der Waals surface area contributed by atoms with E-state index < -0.39 is 11.2 Å². The maximum absolute atomic E-state index is 12.6. The number of pyridine rings is 1. The lowest BCUT2D eigenvalue weighted by atomic mass is 9.91. The van der Waals surface area contributed by atoms with Crippen molar-refractivity contribution in [2.45, 2.75) is 72.0 Å². The number of fused-ring (bicyclic) bond motifs is 1. The first kappa shape index (κ1) is 19.5. The quantitative estimate of drug-likeness (QED) is 0.791. The summed E-state index contributed by atoms with van der Waals surface area (Å²) in [6.07, 6.45) is 3.89. The Morgan fingerprint density at radius 2 is 1.74 bits per heavy atom. The van der Waals surface area contributed by atoms with Gasteiger partial charge in [-0.2, -0.15) is 4.98 Å². The predicted octanol–water partition coefficient (Wildman–Crippen LogP) is 4.37. The molecule has 0 N–H and O–H groups in total. The molecule has 0 aliphatic carbocycles. The number of rotatable bonds is 2. The van der Waals surface area contributed by atoms with Gasteiger partial charge in [0.25, 0.3) is 5.56 Å². The molecule has 0 spiro atoms. The molecule has 5 nitrogen and oxygen atoms in total. The maximum Gasteiger partial charge on any atom is 0.279 e. The van der Waals surface area contributed by atoms with Crippen LogP contribution in [-0.4, -0.2) is 14.5 Å². The Labute approximate surface area is 161 Å². The van der Waals surface area contributed by atoms with Gasteiger partial charge in [0.05, 0.1) is 22.6 Å². The van der Waals surface area contributed by atoms with E-state index in [1.54, 1.807) is 0 Å². The molecule has 3 rings (SSSR count). The molecule has 0 amide bonds. The Hall–Kier alpha value is -2.27. The van der Waals surface area contributed by atoms with Crippen LogP contribution in [0.2, 0.25) is 0 Å². The van der Waals surface area contributed by atoms with E-state index in [4.69, 9.17) is 9.72 Å². The van der Waals surface area contributed by atoms with Gasteiger partial charge in [0.15, 0.2) is 0 Å². The van der Waals surface area contributed by atoms with E-state index in [2.05, 4.69) is 25.8 Å². The van der Waals surface area contributed by atoms with Crippen molar-refractivity contribution in [2.75, 3.05) is 0 Å². The molecule has 3 heterocycles. The third-order valence-corrected chi connectivity index (χ3v) is 4.92. The van der Waals surface area contributed by atoms with E-state index >= 15 is 0 Å². The first-order valence-electron chi connectivity index (χ1n) is 9.33. The smallest absolute Gasteiger partial charge is 0.279 e. The number of aromatic nitrogens is 3. The summed E-state index contributed by atoms with van der Waals surface area (Å²) >= 11 is 0. The molecule has 1 aliphatic rings. The van der Waals surface area contributed by atoms with Gasteiger partial charge in [-0.05, 0) is 52.8 Å². The van der Waals surface area contributed by atoms with Crippen molar-refractivity contribution < 1.29 is 4.74 Å². The summed E-state index contributed by atoms with van der Waals surface area (Å²) in [6.45, 7) is 16.1. The molecule has 2 aromatic heterocycles. The van der Waals surface area contributed by atoms with Gasteiger partial charge in [-0.3, -0.25) is 9.78 Å². The van der Waals surface area contributed by atoms with Gasteiger partial charge in [-0.15, -0.1) is 0 Å². The molecule has 0 atom stereocenters. The summed E-state index contributed by atoms with van der Waals surface area (Å²) in [5.41, 5.74) is 1.90. The van der Waals surface area contributed by atoms with Crippen LogP contribution >= 0.6 is 0 Å². The van der Waals surface area contributed by atoms with Crippen LogP contribution in [0.3, 0.4) is 0 Å². The zero-order valence-corrected chi connectivity index (χ0v) is 17.5. The van der Waals surface area contributed by atoms with E-state index in [0.717, 1.165) is 17.1 Å². The molecular weight excluding hydrogens is 338 g/mol. The Bertz CT molecular complexity index is 976. The summed E-state index contributed by atoms with van der Waals surface area (Å²) in [5, 5.41) is 0. The number of aryl methyl sites for hydroxylation is 1. The van der Waals surface area contributed by atoms with Crippen LogP contribution in [0.5, 0.6) is 0 Å². The maximum atomic E-state index is 12.6. The Morgan fingerprint density at radius 1 is 1.07 bits per heavy atom. The minimum Gasteiger partial charge on any atom is -0.358 e. The van der Waals surface area contributed by atoms with Gasteiger partial charge in [0.2, 0.25) is 0 Å². The number of hydrogen-bond donors (Lipinski definition) is 0. The molecule has 0 bridgehead atoms. The zero-order chi connectivity index (χ0) is 20.2. The fourth-order valence-corrected chi connectivity index (χ4v) is 3.81.